The van der Waals surface area contributed by atoms with Gasteiger partial charge in [-0.1, -0.05) is 290 Å². The van der Waals surface area contributed by atoms with Crippen LogP contribution in [0.3, 0.4) is 0 Å². The minimum absolute atomic E-state index is 0.0296. The number of phosphoric acid groups is 2. The van der Waals surface area contributed by atoms with E-state index in [1.807, 2.05) is 18.2 Å². The summed E-state index contributed by atoms with van der Waals surface area (Å²) in [7, 11) is -9.98. The summed E-state index contributed by atoms with van der Waals surface area (Å²) in [6, 6.07) is 0. The topological polar surface area (TPSA) is 237 Å². The summed E-state index contributed by atoms with van der Waals surface area (Å²) in [6.45, 7) is 4.52. The second-order valence-electron chi connectivity index (χ2n) is 25.9. The normalized spacial score (nSPS) is 14.6. The fourth-order valence-corrected chi connectivity index (χ4v) is 11.8. The second kappa shape index (κ2) is 74.5. The summed E-state index contributed by atoms with van der Waals surface area (Å²) in [5.74, 6) is -2.29. The van der Waals surface area contributed by atoms with Crippen LogP contribution in [0.5, 0.6) is 0 Å². The number of carbonyl (C=O) groups is 4. The van der Waals surface area contributed by atoms with Crippen molar-refractivity contribution in [2.75, 3.05) is 39.6 Å². The first-order chi connectivity index (χ1) is 49.7. The van der Waals surface area contributed by atoms with Gasteiger partial charge in [-0.05, 0) is 128 Å². The van der Waals surface area contributed by atoms with Crippen molar-refractivity contribution in [1.29, 1.82) is 0 Å². The van der Waals surface area contributed by atoms with E-state index in [1.165, 1.54) is 64.2 Å². The van der Waals surface area contributed by atoms with Crippen molar-refractivity contribution in [1.82, 2.24) is 0 Å². The van der Waals surface area contributed by atoms with E-state index in [9.17, 15) is 43.2 Å². The first-order valence-electron chi connectivity index (χ1n) is 39.4. The lowest BCUT2D eigenvalue weighted by molar-refractivity contribution is -0.161. The lowest BCUT2D eigenvalue weighted by atomic mass is 10.1. The van der Waals surface area contributed by atoms with Crippen LogP contribution in [-0.2, 0) is 65.4 Å². The van der Waals surface area contributed by atoms with E-state index in [-0.39, 0.29) is 25.7 Å². The summed E-state index contributed by atoms with van der Waals surface area (Å²) in [5, 5.41) is 10.6. The SMILES string of the molecule is CC/C=C\C/C=C\C/C=C\C/C=C\C/C=C\C/C=C\CCC(=O)OCC(COP(=O)(O)OCC(O)COP(=O)(O)OCC(COC(=O)CCCCCCC/C=C\CCCCCC)OC(=O)CCCCCCCCCCCCC)OC(=O)CCCCCCCC/C=C\C/C=C\C/C=C\C/C=C\CC. The van der Waals surface area contributed by atoms with Gasteiger partial charge in [0.2, 0.25) is 0 Å². The van der Waals surface area contributed by atoms with Gasteiger partial charge in [-0.15, -0.1) is 0 Å². The maximum Gasteiger partial charge on any atom is 0.472 e. The molecule has 0 aromatic carbocycles. The quantitative estimate of drug-likeness (QED) is 0.0169. The zero-order chi connectivity index (χ0) is 74.6. The Morgan fingerprint density at radius 1 is 0.284 bits per heavy atom. The van der Waals surface area contributed by atoms with Crippen LogP contribution in [0.25, 0.3) is 0 Å². The molecule has 5 unspecified atom stereocenters. The van der Waals surface area contributed by atoms with E-state index in [0.29, 0.717) is 32.1 Å². The molecule has 0 saturated heterocycles. The summed E-state index contributed by atoms with van der Waals surface area (Å²) in [4.78, 5) is 72.9. The molecule has 0 spiro atoms. The largest absolute Gasteiger partial charge is 0.472 e. The van der Waals surface area contributed by atoms with Crippen molar-refractivity contribution in [2.45, 2.75) is 329 Å². The number of aliphatic hydroxyl groups excluding tert-OH is 1. The Balaban J connectivity index is 5.42. The van der Waals surface area contributed by atoms with Gasteiger partial charge >= 0.3 is 39.5 Å². The van der Waals surface area contributed by atoms with Crippen LogP contribution in [-0.4, -0.2) is 96.7 Å². The number of hydrogen-bond acceptors (Lipinski definition) is 15. The Labute approximate surface area is 618 Å². The molecule has 0 aromatic rings. The first kappa shape index (κ1) is 97.2. The monoisotopic (exact) mass is 1470 g/mol. The van der Waals surface area contributed by atoms with Crippen LogP contribution in [0.1, 0.15) is 310 Å². The molecular formula is C83H140O17P2. The maximum absolute atomic E-state index is 13.1. The average molecular weight is 1470 g/mol. The molecule has 0 saturated carbocycles. The third-order valence-corrected chi connectivity index (χ3v) is 18.0. The number of phosphoric ester groups is 2. The van der Waals surface area contributed by atoms with Gasteiger partial charge in [0.1, 0.15) is 19.3 Å². The number of ether oxygens (including phenoxy) is 4. The van der Waals surface area contributed by atoms with Gasteiger partial charge in [0.05, 0.1) is 26.4 Å². The molecule has 584 valence electrons. The van der Waals surface area contributed by atoms with Gasteiger partial charge < -0.3 is 33.8 Å². The number of allylic oxidation sites excluding steroid dienone is 22. The Morgan fingerprint density at radius 2 is 0.529 bits per heavy atom. The zero-order valence-electron chi connectivity index (χ0n) is 63.7. The van der Waals surface area contributed by atoms with Crippen LogP contribution in [0, 0.1) is 0 Å². The molecule has 17 nitrogen and oxygen atoms in total. The van der Waals surface area contributed by atoms with Gasteiger partial charge in [-0.25, -0.2) is 9.13 Å². The molecule has 0 heterocycles. The molecule has 3 N–H and O–H groups in total. The first-order valence-corrected chi connectivity index (χ1v) is 42.4. The molecule has 19 heteroatoms. The number of aliphatic hydroxyl groups is 1. The summed E-state index contributed by atoms with van der Waals surface area (Å²) >= 11 is 0. The zero-order valence-corrected chi connectivity index (χ0v) is 65.5. The fraction of sp³-hybridized carbons (Fsp3) is 0.687. The van der Waals surface area contributed by atoms with E-state index >= 15 is 0 Å². The molecule has 0 fully saturated rings. The third kappa shape index (κ3) is 73.5. The van der Waals surface area contributed by atoms with Gasteiger partial charge in [-0.3, -0.25) is 37.3 Å². The number of unbranched alkanes of at least 4 members (excludes halogenated alkanes) is 25. The molecule has 0 aliphatic rings. The van der Waals surface area contributed by atoms with Crippen LogP contribution in [0.4, 0.5) is 0 Å². The molecule has 0 aliphatic heterocycles. The smallest absolute Gasteiger partial charge is 0.462 e. The van der Waals surface area contributed by atoms with Gasteiger partial charge in [0, 0.05) is 25.7 Å². The number of esters is 4. The lowest BCUT2D eigenvalue weighted by Crippen LogP contribution is -2.30. The molecule has 0 amide bonds. The molecule has 102 heavy (non-hydrogen) atoms. The van der Waals surface area contributed by atoms with Gasteiger partial charge in [-0.2, -0.15) is 0 Å². The Hall–Kier alpha value is -4.80. The van der Waals surface area contributed by atoms with Crippen molar-refractivity contribution in [3.05, 3.63) is 134 Å². The van der Waals surface area contributed by atoms with Gasteiger partial charge in [0.25, 0.3) is 0 Å². The summed E-state index contributed by atoms with van der Waals surface area (Å²) < 4.78 is 68.4. The minimum atomic E-state index is -5.00. The number of carbonyl (C=O) groups excluding carboxylic acids is 4. The highest BCUT2D eigenvalue weighted by molar-refractivity contribution is 7.47. The van der Waals surface area contributed by atoms with Crippen molar-refractivity contribution in [3.63, 3.8) is 0 Å². The van der Waals surface area contributed by atoms with Gasteiger partial charge in [0.15, 0.2) is 12.2 Å². The Morgan fingerprint density at radius 3 is 0.863 bits per heavy atom. The number of hydrogen-bond donors (Lipinski definition) is 3. The van der Waals surface area contributed by atoms with Crippen LogP contribution >= 0.6 is 15.6 Å². The minimum Gasteiger partial charge on any atom is -0.462 e. The van der Waals surface area contributed by atoms with E-state index in [4.69, 9.17) is 37.0 Å². The fourth-order valence-electron chi connectivity index (χ4n) is 10.2. The Kier molecular flexibility index (Phi) is 71.0. The molecule has 5 atom stereocenters. The molecule has 0 aromatic heterocycles. The molecule has 0 bridgehead atoms. The highest BCUT2D eigenvalue weighted by Gasteiger charge is 2.30. The second-order valence-corrected chi connectivity index (χ2v) is 28.8. The van der Waals surface area contributed by atoms with E-state index in [2.05, 4.69) is 143 Å². The molecule has 0 rings (SSSR count). The Bertz CT molecular complexity index is 2460. The summed E-state index contributed by atoms with van der Waals surface area (Å²) in [6.07, 6.45) is 83.1. The van der Waals surface area contributed by atoms with E-state index in [0.717, 1.165) is 161 Å². The maximum atomic E-state index is 13.1. The molecule has 0 aliphatic carbocycles. The molecule has 0 radical (unpaired) electrons. The van der Waals surface area contributed by atoms with Crippen LogP contribution in [0.15, 0.2) is 134 Å². The predicted octanol–water partition coefficient (Wildman–Crippen LogP) is 22.9. The van der Waals surface area contributed by atoms with Crippen molar-refractivity contribution >= 4 is 39.5 Å². The molecular weight excluding hydrogens is 1330 g/mol. The highest BCUT2D eigenvalue weighted by Crippen LogP contribution is 2.45. The average Bonchev–Trinajstić information content (AvgIpc) is 0.940. The van der Waals surface area contributed by atoms with Crippen LogP contribution in [0.2, 0.25) is 0 Å². The highest BCUT2D eigenvalue weighted by atomic mass is 31.2. The van der Waals surface area contributed by atoms with E-state index in [1.54, 1.807) is 0 Å². The lowest BCUT2D eigenvalue weighted by Gasteiger charge is -2.21. The van der Waals surface area contributed by atoms with Crippen LogP contribution < -0.4 is 0 Å². The van der Waals surface area contributed by atoms with Crippen molar-refractivity contribution in [2.24, 2.45) is 0 Å². The predicted molar refractivity (Wildman–Crippen MR) is 418 cm³/mol. The standard InChI is InChI=1S/C83H140O17P2/c1-5-9-13-17-21-25-29-32-34-36-38-40-42-45-49-52-56-60-64-68-81(86)94-74-79(100-83(88)70-66-62-58-54-50-46-43-41-39-37-35-33-30-26-22-18-14-10-6-2)76-98-102(91,92)96-72-77(84)71-95-101(89,90)97-75-78(99-82(87)69-65-61-57-53-47-28-24-20-16-12-8-4)73-93-80(85)67-63-59-55-51-48-44-31-27-23-19-15-11-7-3/h9-10,13-14,21-22,25-27,31-35,38-41,45,49,56,60,77-79,84H,5-8,11-12,15-20,23-24,28-30,36-37,42-44,46-48,50-55,57-59,61-76H2,1-4H3,(H,89,90)(H,91,92)/b13-9-,14-10-,25-21-,26-22-,31-27-,34-32-,35-33-,40-38-,41-39-,49-45-,60-56-. The summed E-state index contributed by atoms with van der Waals surface area (Å²) in [5.41, 5.74) is 0. The van der Waals surface area contributed by atoms with E-state index < -0.39 is 97.5 Å². The third-order valence-electron chi connectivity index (χ3n) is 16.1. The van der Waals surface area contributed by atoms with Crippen molar-refractivity contribution in [3.8, 4) is 0 Å². The van der Waals surface area contributed by atoms with Crippen molar-refractivity contribution < 1.29 is 80.2 Å². The number of rotatable bonds is 73.